The lowest BCUT2D eigenvalue weighted by molar-refractivity contribution is -0.177. The van der Waals surface area contributed by atoms with E-state index in [4.69, 9.17) is 4.74 Å². The Bertz CT molecular complexity index is 2480. The topological polar surface area (TPSA) is 141 Å². The van der Waals surface area contributed by atoms with Gasteiger partial charge in [-0.2, -0.15) is 0 Å². The van der Waals surface area contributed by atoms with Crippen LogP contribution >= 0.6 is 11.3 Å². The Hall–Kier alpha value is -6.32. The molecule has 0 bridgehead atoms. The predicted octanol–water partition coefficient (Wildman–Crippen LogP) is 6.65. The number of ether oxygens (including phenoxy) is 1. The number of carbonyl (C=O) groups is 3. The first-order chi connectivity index (χ1) is 26.9. The van der Waals surface area contributed by atoms with Crippen molar-refractivity contribution in [3.63, 3.8) is 0 Å². The molecule has 10 nitrogen and oxygen atoms in total. The second-order valence-corrected chi connectivity index (χ2v) is 14.9. The van der Waals surface area contributed by atoms with Gasteiger partial charge in [0, 0.05) is 17.7 Å². The molecule has 2 fully saturated rings. The van der Waals surface area contributed by atoms with E-state index in [1.165, 1.54) is 11.3 Å². The van der Waals surface area contributed by atoms with Crippen molar-refractivity contribution >= 4 is 50.2 Å². The zero-order valence-electron chi connectivity index (χ0n) is 29.3. The Kier molecular flexibility index (Phi) is 8.66. The van der Waals surface area contributed by atoms with Gasteiger partial charge in [-0.05, 0) is 64.7 Å². The predicted molar refractivity (Wildman–Crippen MR) is 208 cm³/mol. The van der Waals surface area contributed by atoms with Crippen molar-refractivity contribution in [2.24, 2.45) is 5.92 Å². The first-order valence-electron chi connectivity index (χ1n) is 18.0. The van der Waals surface area contributed by atoms with Gasteiger partial charge in [0.15, 0.2) is 5.13 Å². The molecule has 6 aromatic rings. The van der Waals surface area contributed by atoms with Crippen molar-refractivity contribution in [3.05, 3.63) is 155 Å². The molecular weight excluding hydrogens is 713 g/mol. The van der Waals surface area contributed by atoms with Gasteiger partial charge in [-0.15, -0.1) is 0 Å². The first kappa shape index (κ1) is 34.4. The van der Waals surface area contributed by atoms with Crippen LogP contribution in [0.25, 0.3) is 10.2 Å². The van der Waals surface area contributed by atoms with Crippen molar-refractivity contribution in [1.82, 2.24) is 9.88 Å². The number of morpholine rings is 1. The van der Waals surface area contributed by atoms with E-state index in [9.17, 15) is 15.0 Å². The maximum atomic E-state index is 15.3. The van der Waals surface area contributed by atoms with Crippen LogP contribution < -0.4 is 10.6 Å². The van der Waals surface area contributed by atoms with Crippen LogP contribution in [0.2, 0.25) is 0 Å². The highest BCUT2D eigenvalue weighted by molar-refractivity contribution is 7.22. The van der Waals surface area contributed by atoms with Crippen molar-refractivity contribution in [1.29, 1.82) is 0 Å². The van der Waals surface area contributed by atoms with Crippen molar-refractivity contribution in [3.8, 4) is 17.6 Å². The van der Waals surface area contributed by atoms with E-state index in [-0.39, 0.29) is 18.8 Å². The molecule has 3 aliphatic rings. The quantitative estimate of drug-likeness (QED) is 0.110. The molecule has 4 heterocycles. The average molecular weight is 747 g/mol. The molecule has 55 heavy (non-hydrogen) atoms. The van der Waals surface area contributed by atoms with Gasteiger partial charge in [-0.3, -0.25) is 19.3 Å². The molecule has 0 aliphatic carbocycles. The third-order valence-electron chi connectivity index (χ3n) is 10.8. The van der Waals surface area contributed by atoms with Crippen LogP contribution in [0.5, 0.6) is 5.75 Å². The number of aromatic nitrogens is 1. The van der Waals surface area contributed by atoms with E-state index in [0.29, 0.717) is 33.0 Å². The number of para-hydroxylation sites is 1. The second kappa shape index (κ2) is 13.8. The Labute approximate surface area is 320 Å². The molecule has 0 saturated carbocycles. The van der Waals surface area contributed by atoms with E-state index < -0.39 is 53.3 Å². The highest BCUT2D eigenvalue weighted by Crippen LogP contribution is 2.65. The maximum absolute atomic E-state index is 15.3. The van der Waals surface area contributed by atoms with Crippen molar-refractivity contribution in [2.75, 3.05) is 17.2 Å². The summed E-state index contributed by atoms with van der Waals surface area (Å²) in [5.41, 5.74) is 2.74. The molecule has 11 heteroatoms. The fourth-order valence-electron chi connectivity index (χ4n) is 8.66. The van der Waals surface area contributed by atoms with Crippen LogP contribution in [0.4, 0.5) is 10.8 Å². The number of amides is 2. The van der Waals surface area contributed by atoms with Crippen LogP contribution in [0.1, 0.15) is 52.4 Å². The highest BCUT2D eigenvalue weighted by atomic mass is 32.1. The van der Waals surface area contributed by atoms with Crippen LogP contribution in [0.3, 0.4) is 0 Å². The number of hydrogen-bond acceptors (Lipinski definition) is 9. The van der Waals surface area contributed by atoms with E-state index in [2.05, 4.69) is 27.5 Å². The monoisotopic (exact) mass is 746 g/mol. The van der Waals surface area contributed by atoms with Gasteiger partial charge in [0.2, 0.25) is 11.8 Å². The highest BCUT2D eigenvalue weighted by Gasteiger charge is 2.74. The van der Waals surface area contributed by atoms with Crippen LogP contribution in [0, 0.1) is 17.8 Å². The zero-order chi connectivity index (χ0) is 37.7. The minimum Gasteiger partial charge on any atom is -0.508 e. The molecule has 9 rings (SSSR count). The standard InChI is InChI=1S/C44H34N4O6S/c49-24-10-9-11-26-18-23-32-31(25-26)44(42(53)45-32)35(40(51)47-43-46-33-16-7-8-17-34(33)55-43)37-41(52)54-38(28-14-5-2-6-15-28)36(27-12-3-1-4-13-27)48(37)39(44)29-19-21-30(50)22-20-29/h1-8,12-23,25,35-39,49-50H,10,24H2,(H,45,53)(H,46,47,51)/t35-,36-,37-,38+,39+,44-/m0/s1. The van der Waals surface area contributed by atoms with Gasteiger partial charge in [0.05, 0.1) is 34.8 Å². The summed E-state index contributed by atoms with van der Waals surface area (Å²) in [5.74, 6) is 3.07. The molecule has 3 aliphatic heterocycles. The number of phenols is 1. The summed E-state index contributed by atoms with van der Waals surface area (Å²) in [7, 11) is 0. The summed E-state index contributed by atoms with van der Waals surface area (Å²) >= 11 is 1.30. The van der Waals surface area contributed by atoms with Gasteiger partial charge >= 0.3 is 5.97 Å². The third kappa shape index (κ3) is 5.65. The first-order valence-corrected chi connectivity index (χ1v) is 18.8. The molecule has 5 aromatic carbocycles. The molecule has 0 unspecified atom stereocenters. The smallest absolute Gasteiger partial charge is 0.324 e. The number of benzene rings is 5. The molecule has 6 atom stereocenters. The molecule has 0 radical (unpaired) electrons. The Morgan fingerprint density at radius 1 is 0.873 bits per heavy atom. The number of anilines is 2. The molecule has 2 saturated heterocycles. The molecule has 1 aromatic heterocycles. The lowest BCUT2D eigenvalue weighted by atomic mass is 9.65. The fraction of sp³-hybridized carbons (Fsp3) is 0.182. The summed E-state index contributed by atoms with van der Waals surface area (Å²) in [5, 5.41) is 26.4. The van der Waals surface area contributed by atoms with E-state index in [1.807, 2.05) is 89.8 Å². The lowest BCUT2D eigenvalue weighted by Crippen LogP contribution is -2.53. The SMILES string of the molecule is O=C1O[C@H](c2ccccc2)[C@H](c2ccccc2)N2[C@H]1[C@@H](C(=O)Nc1nc3ccccc3s1)[C@]1(C(=O)Nc3ccc(C#CCCO)cc31)[C@H]2c1ccc(O)cc1. The third-order valence-corrected chi connectivity index (χ3v) is 11.7. The number of cyclic esters (lactones) is 1. The lowest BCUT2D eigenvalue weighted by Gasteiger charge is -2.46. The Balaban J connectivity index is 1.32. The Morgan fingerprint density at radius 3 is 2.31 bits per heavy atom. The summed E-state index contributed by atoms with van der Waals surface area (Å²) in [4.78, 5) is 52.1. The number of fused-ring (bicyclic) bond motifs is 4. The number of aliphatic hydroxyl groups is 1. The minimum atomic E-state index is -1.72. The number of carbonyl (C=O) groups excluding carboxylic acids is 3. The van der Waals surface area contributed by atoms with Gasteiger partial charge in [-0.1, -0.05) is 108 Å². The number of phenolic OH excluding ortho intramolecular Hbond substituents is 1. The molecule has 272 valence electrons. The van der Waals surface area contributed by atoms with Gasteiger partial charge in [0.25, 0.3) is 0 Å². The zero-order valence-corrected chi connectivity index (χ0v) is 30.1. The van der Waals surface area contributed by atoms with Crippen molar-refractivity contribution in [2.45, 2.75) is 36.1 Å². The molecular formula is C44H34N4O6S. The van der Waals surface area contributed by atoms with Crippen molar-refractivity contribution < 1.29 is 29.3 Å². The number of aliphatic hydroxyl groups excluding tert-OH is 1. The minimum absolute atomic E-state index is 0.0232. The number of esters is 1. The fourth-order valence-corrected chi connectivity index (χ4v) is 9.53. The van der Waals surface area contributed by atoms with Gasteiger partial charge < -0.3 is 25.6 Å². The number of thiazole rings is 1. The Morgan fingerprint density at radius 2 is 1.58 bits per heavy atom. The van der Waals surface area contributed by atoms with Crippen LogP contribution in [-0.2, 0) is 24.5 Å². The maximum Gasteiger partial charge on any atom is 0.324 e. The number of hydrogen-bond donors (Lipinski definition) is 4. The number of nitrogens with one attached hydrogen (secondary N) is 2. The molecule has 4 N–H and O–H groups in total. The molecule has 1 spiro atoms. The van der Waals surface area contributed by atoms with E-state index in [0.717, 1.165) is 15.8 Å². The normalized spacial score (nSPS) is 24.1. The van der Waals surface area contributed by atoms with E-state index >= 15 is 9.59 Å². The summed E-state index contributed by atoms with van der Waals surface area (Å²) in [6, 6.07) is 35.7. The number of rotatable bonds is 6. The molecule has 2 amide bonds. The summed E-state index contributed by atoms with van der Waals surface area (Å²) in [6.45, 7) is -0.110. The van der Waals surface area contributed by atoms with E-state index in [1.54, 1.807) is 42.5 Å². The number of nitrogens with zero attached hydrogens (tertiary/aromatic N) is 2. The second-order valence-electron chi connectivity index (χ2n) is 13.8. The van der Waals surface area contributed by atoms with Crippen LogP contribution in [0.15, 0.2) is 127 Å². The average Bonchev–Trinajstić information content (AvgIpc) is 3.85. The summed E-state index contributed by atoms with van der Waals surface area (Å²) in [6.07, 6.45) is -0.556. The number of aromatic hydroxyl groups is 1. The largest absolute Gasteiger partial charge is 0.508 e. The van der Waals surface area contributed by atoms with Gasteiger partial charge in [-0.25, -0.2) is 4.98 Å². The summed E-state index contributed by atoms with van der Waals surface area (Å²) < 4.78 is 7.32. The van der Waals surface area contributed by atoms with Gasteiger partial charge in [0.1, 0.15) is 23.3 Å². The van der Waals surface area contributed by atoms with Crippen LogP contribution in [-0.4, -0.2) is 50.5 Å².